The van der Waals surface area contributed by atoms with E-state index < -0.39 is 23.5 Å². The van der Waals surface area contributed by atoms with E-state index in [1.54, 1.807) is 37.3 Å². The van der Waals surface area contributed by atoms with Crippen LogP contribution in [0.4, 0.5) is 10.1 Å². The summed E-state index contributed by atoms with van der Waals surface area (Å²) in [6.07, 6.45) is 0.822. The maximum Gasteiger partial charge on any atom is 0.300 e. The highest BCUT2D eigenvalue weighted by molar-refractivity contribution is 6.51. The average Bonchev–Trinajstić information content (AvgIpc) is 3.15. The van der Waals surface area contributed by atoms with Crippen LogP contribution in [0.25, 0.3) is 5.76 Å². The Bertz CT molecular complexity index is 1350. The molecule has 3 aromatic carbocycles. The number of Topliss-reactive ketones (excluding diaryl/α,β-unsaturated/α-hetero) is 1. The van der Waals surface area contributed by atoms with E-state index in [9.17, 15) is 19.1 Å². The third-order valence-corrected chi connectivity index (χ3v) is 6.30. The first-order valence-corrected chi connectivity index (χ1v) is 11.8. The Morgan fingerprint density at radius 1 is 1.00 bits per heavy atom. The number of ketones is 1. The minimum atomic E-state index is -0.937. The van der Waals surface area contributed by atoms with Gasteiger partial charge in [0.2, 0.25) is 0 Å². The van der Waals surface area contributed by atoms with Gasteiger partial charge in [-0.05, 0) is 79.4 Å². The molecule has 1 atom stereocenters. The molecule has 1 N–H and O–H groups in total. The van der Waals surface area contributed by atoms with Crippen LogP contribution < -0.4 is 14.4 Å². The Morgan fingerprint density at radius 2 is 1.72 bits per heavy atom. The van der Waals surface area contributed by atoms with Crippen molar-refractivity contribution in [2.75, 3.05) is 18.6 Å². The predicted octanol–water partition coefficient (Wildman–Crippen LogP) is 5.73. The lowest BCUT2D eigenvalue weighted by Gasteiger charge is -2.26. The number of aryl methyl sites for hydroxylation is 2. The molecule has 1 amide bonds. The first kappa shape index (κ1) is 25.0. The number of carbonyl (C=O) groups excluding carboxylic acids is 2. The van der Waals surface area contributed by atoms with Gasteiger partial charge in [0.15, 0.2) is 11.5 Å². The number of carbonyl (C=O) groups is 2. The van der Waals surface area contributed by atoms with E-state index in [0.717, 1.165) is 12.0 Å². The third kappa shape index (κ3) is 4.44. The van der Waals surface area contributed by atoms with Crippen molar-refractivity contribution in [2.45, 2.75) is 33.2 Å². The fraction of sp³-hybridized carbons (Fsp3) is 0.241. The van der Waals surface area contributed by atoms with E-state index in [1.165, 1.54) is 30.2 Å². The highest BCUT2D eigenvalue weighted by Gasteiger charge is 2.47. The monoisotopic (exact) mass is 489 g/mol. The second-order valence-corrected chi connectivity index (χ2v) is 8.50. The lowest BCUT2D eigenvalue weighted by molar-refractivity contribution is -0.132. The Labute approximate surface area is 209 Å². The van der Waals surface area contributed by atoms with Gasteiger partial charge in [-0.15, -0.1) is 0 Å². The number of aliphatic hydroxyl groups is 1. The molecule has 1 heterocycles. The van der Waals surface area contributed by atoms with Crippen LogP contribution in [0.15, 0.2) is 66.2 Å². The quantitative estimate of drug-likeness (QED) is 0.261. The summed E-state index contributed by atoms with van der Waals surface area (Å²) < 4.78 is 25.0. The number of ether oxygens (including phenoxy) is 2. The summed E-state index contributed by atoms with van der Waals surface area (Å²) in [5, 5.41) is 11.3. The normalized spacial score (nSPS) is 16.9. The summed E-state index contributed by atoms with van der Waals surface area (Å²) in [5.41, 5.74) is 2.62. The molecule has 36 heavy (non-hydrogen) atoms. The summed E-state index contributed by atoms with van der Waals surface area (Å²) in [5.74, 6) is -1.45. The van der Waals surface area contributed by atoms with Gasteiger partial charge in [-0.1, -0.05) is 25.1 Å². The van der Waals surface area contributed by atoms with Crippen LogP contribution in [0.3, 0.4) is 0 Å². The molecule has 1 fully saturated rings. The Kier molecular flexibility index (Phi) is 7.10. The zero-order valence-corrected chi connectivity index (χ0v) is 20.7. The van der Waals surface area contributed by atoms with Crippen molar-refractivity contribution < 1.29 is 28.6 Å². The first-order chi connectivity index (χ1) is 17.3. The molecule has 0 saturated carbocycles. The second-order valence-electron chi connectivity index (χ2n) is 8.50. The minimum Gasteiger partial charge on any atom is -0.507 e. The molecular formula is C29H28FNO5. The van der Waals surface area contributed by atoms with E-state index in [-0.39, 0.29) is 16.9 Å². The van der Waals surface area contributed by atoms with Crippen LogP contribution in [0.2, 0.25) is 0 Å². The molecule has 3 aromatic rings. The minimum absolute atomic E-state index is 0.0850. The molecule has 1 aliphatic heterocycles. The van der Waals surface area contributed by atoms with Crippen molar-refractivity contribution in [3.05, 3.63) is 94.3 Å². The second kappa shape index (κ2) is 10.2. The van der Waals surface area contributed by atoms with Gasteiger partial charge in [0, 0.05) is 11.3 Å². The maximum absolute atomic E-state index is 13.9. The zero-order valence-electron chi connectivity index (χ0n) is 20.7. The van der Waals surface area contributed by atoms with Crippen molar-refractivity contribution in [3.8, 4) is 11.5 Å². The van der Waals surface area contributed by atoms with E-state index in [1.807, 2.05) is 26.0 Å². The highest BCUT2D eigenvalue weighted by atomic mass is 19.1. The highest BCUT2D eigenvalue weighted by Crippen LogP contribution is 2.44. The smallest absolute Gasteiger partial charge is 0.300 e. The molecule has 4 rings (SSSR count). The third-order valence-electron chi connectivity index (χ3n) is 6.30. The van der Waals surface area contributed by atoms with Gasteiger partial charge >= 0.3 is 0 Å². The van der Waals surface area contributed by atoms with Crippen molar-refractivity contribution in [3.63, 3.8) is 0 Å². The molecular weight excluding hydrogens is 461 g/mol. The van der Waals surface area contributed by atoms with Crippen LogP contribution in [-0.2, 0) is 16.0 Å². The first-order valence-electron chi connectivity index (χ1n) is 11.8. The fourth-order valence-corrected chi connectivity index (χ4v) is 4.39. The number of methoxy groups -OCH3 is 1. The van der Waals surface area contributed by atoms with Gasteiger partial charge in [-0.3, -0.25) is 14.5 Å². The maximum atomic E-state index is 13.9. The van der Waals surface area contributed by atoms with Crippen LogP contribution in [-0.4, -0.2) is 30.5 Å². The topological polar surface area (TPSA) is 76.1 Å². The van der Waals surface area contributed by atoms with Gasteiger partial charge in [-0.25, -0.2) is 4.39 Å². The summed E-state index contributed by atoms with van der Waals surface area (Å²) in [7, 11) is 1.52. The van der Waals surface area contributed by atoms with Crippen LogP contribution in [0, 0.1) is 12.7 Å². The zero-order chi connectivity index (χ0) is 26.0. The average molecular weight is 490 g/mol. The number of amides is 1. The van der Waals surface area contributed by atoms with Crippen molar-refractivity contribution in [1.82, 2.24) is 0 Å². The predicted molar refractivity (Wildman–Crippen MR) is 136 cm³/mol. The van der Waals surface area contributed by atoms with Crippen LogP contribution >= 0.6 is 0 Å². The lowest BCUT2D eigenvalue weighted by Crippen LogP contribution is -2.29. The largest absolute Gasteiger partial charge is 0.507 e. The number of rotatable bonds is 7. The van der Waals surface area contributed by atoms with E-state index >= 15 is 0 Å². The molecule has 0 aliphatic carbocycles. The molecule has 0 bridgehead atoms. The van der Waals surface area contributed by atoms with Gasteiger partial charge in [0.1, 0.15) is 11.6 Å². The van der Waals surface area contributed by atoms with E-state index in [2.05, 4.69) is 0 Å². The van der Waals surface area contributed by atoms with Crippen molar-refractivity contribution in [2.24, 2.45) is 0 Å². The summed E-state index contributed by atoms with van der Waals surface area (Å²) in [4.78, 5) is 28.1. The molecule has 1 aliphatic rings. The molecule has 0 radical (unpaired) electrons. The molecule has 6 nitrogen and oxygen atoms in total. The summed E-state index contributed by atoms with van der Waals surface area (Å²) in [6, 6.07) is 15.6. The van der Waals surface area contributed by atoms with E-state index in [0.29, 0.717) is 34.9 Å². The van der Waals surface area contributed by atoms with Crippen LogP contribution in [0.1, 0.15) is 42.1 Å². The lowest BCUT2D eigenvalue weighted by atomic mass is 9.94. The van der Waals surface area contributed by atoms with Gasteiger partial charge in [0.05, 0.1) is 25.3 Å². The SMILES string of the molecule is CCOc1cc(C2/C(=C(/O)c3ccc(F)c(C)c3)C(=O)C(=O)N2c2ccc(CC)cc2)ccc1OC. The number of halogens is 1. The Hall–Kier alpha value is -4.13. The van der Waals surface area contributed by atoms with Gasteiger partial charge in [-0.2, -0.15) is 0 Å². The van der Waals surface area contributed by atoms with Crippen molar-refractivity contribution >= 4 is 23.1 Å². The fourth-order valence-electron chi connectivity index (χ4n) is 4.39. The Balaban J connectivity index is 1.95. The number of nitrogens with zero attached hydrogens (tertiary/aromatic N) is 1. The van der Waals surface area contributed by atoms with Gasteiger partial charge in [0.25, 0.3) is 11.7 Å². The number of anilines is 1. The van der Waals surface area contributed by atoms with Crippen molar-refractivity contribution in [1.29, 1.82) is 0 Å². The number of hydrogen-bond donors (Lipinski definition) is 1. The summed E-state index contributed by atoms with van der Waals surface area (Å²) >= 11 is 0. The Morgan fingerprint density at radius 3 is 2.33 bits per heavy atom. The standard InChI is InChI=1S/C29H28FNO5/c1-5-18-7-11-21(12-8-18)31-26(19-10-14-23(35-4)24(16-19)36-6-2)25(28(33)29(31)34)27(32)20-9-13-22(30)17(3)15-20/h7-16,26,32H,5-6H2,1-4H3/b27-25-. The van der Waals surface area contributed by atoms with E-state index in [4.69, 9.17) is 9.47 Å². The number of benzene rings is 3. The summed E-state index contributed by atoms with van der Waals surface area (Å²) in [6.45, 7) is 5.81. The molecule has 186 valence electrons. The number of hydrogen-bond acceptors (Lipinski definition) is 5. The molecule has 0 spiro atoms. The molecule has 0 aromatic heterocycles. The van der Waals surface area contributed by atoms with Crippen LogP contribution in [0.5, 0.6) is 11.5 Å². The molecule has 1 saturated heterocycles. The van der Waals surface area contributed by atoms with Gasteiger partial charge < -0.3 is 14.6 Å². The molecule has 1 unspecified atom stereocenters. The molecule has 7 heteroatoms. The number of aliphatic hydroxyl groups excluding tert-OH is 1.